The number of carbonyl (C=O) groups is 1. The Hall–Kier alpha value is -3.18. The Kier molecular flexibility index (Phi) is 4.14. The second kappa shape index (κ2) is 6.61. The first-order valence-corrected chi connectivity index (χ1v) is 8.41. The van der Waals surface area contributed by atoms with Crippen LogP contribution in [-0.2, 0) is 6.42 Å². The van der Waals surface area contributed by atoms with Crippen molar-refractivity contribution in [3.63, 3.8) is 0 Å². The van der Waals surface area contributed by atoms with E-state index in [0.717, 1.165) is 22.5 Å². The predicted molar refractivity (Wildman–Crippen MR) is 99.6 cm³/mol. The number of hydrogen-bond acceptors (Lipinski definition) is 3. The largest absolute Gasteiger partial charge is 0.477 e. The Bertz CT molecular complexity index is 1110. The van der Waals surface area contributed by atoms with E-state index in [1.165, 1.54) is 6.07 Å². The van der Waals surface area contributed by atoms with Crippen molar-refractivity contribution in [1.29, 1.82) is 0 Å². The van der Waals surface area contributed by atoms with Crippen molar-refractivity contribution in [2.45, 2.75) is 6.42 Å². The number of aromatic nitrogens is 3. The molecule has 5 nitrogen and oxygen atoms in total. The zero-order chi connectivity index (χ0) is 18.1. The molecule has 0 saturated heterocycles. The fourth-order valence-electron chi connectivity index (χ4n) is 2.89. The molecule has 0 saturated carbocycles. The third kappa shape index (κ3) is 3.17. The lowest BCUT2D eigenvalue weighted by atomic mass is 10.1. The van der Waals surface area contributed by atoms with Crippen LogP contribution in [0.3, 0.4) is 0 Å². The maximum Gasteiger partial charge on any atom is 0.354 e. The van der Waals surface area contributed by atoms with Gasteiger partial charge in [0.05, 0.1) is 16.9 Å². The summed E-state index contributed by atoms with van der Waals surface area (Å²) in [6.45, 7) is 0. The number of nitrogens with zero attached hydrogens (tertiary/aromatic N) is 3. The van der Waals surface area contributed by atoms with E-state index >= 15 is 0 Å². The van der Waals surface area contributed by atoms with Gasteiger partial charge in [0, 0.05) is 22.7 Å². The number of carboxylic acid groups (broad SMARTS) is 1. The summed E-state index contributed by atoms with van der Waals surface area (Å²) >= 11 is 6.27. The normalized spacial score (nSPS) is 11.0. The quantitative estimate of drug-likeness (QED) is 0.585. The van der Waals surface area contributed by atoms with E-state index in [9.17, 15) is 4.79 Å². The Morgan fingerprint density at radius 2 is 1.85 bits per heavy atom. The fourth-order valence-corrected chi connectivity index (χ4v) is 3.13. The molecular formula is C20H14ClN3O2. The Morgan fingerprint density at radius 1 is 1.04 bits per heavy atom. The molecule has 0 bridgehead atoms. The number of fused-ring (bicyclic) bond motifs is 1. The minimum atomic E-state index is -1.05. The maximum absolute atomic E-state index is 11.1. The number of halogens is 1. The van der Waals surface area contributed by atoms with E-state index in [1.54, 1.807) is 12.1 Å². The molecule has 0 atom stereocenters. The lowest BCUT2D eigenvalue weighted by Gasteiger charge is -2.06. The Balaban J connectivity index is 1.78. The summed E-state index contributed by atoms with van der Waals surface area (Å²) < 4.78 is 1.82. The summed E-state index contributed by atoms with van der Waals surface area (Å²) in [6.07, 6.45) is 0.425. The summed E-state index contributed by atoms with van der Waals surface area (Å²) in [5.74, 6) is -1.05. The minimum absolute atomic E-state index is 0.0196. The van der Waals surface area contributed by atoms with Crippen LogP contribution in [0, 0.1) is 0 Å². The van der Waals surface area contributed by atoms with Gasteiger partial charge in [0.1, 0.15) is 5.69 Å². The standard InChI is InChI=1S/C20H14ClN3O2/c21-14-9-16(11-15-7-4-8-18(22-15)20(25)26)24-17(10-14)12-19(23-24)13-5-2-1-3-6-13/h1-10,12H,11H2,(H,25,26). The van der Waals surface area contributed by atoms with Crippen LogP contribution in [0.25, 0.3) is 16.8 Å². The summed E-state index contributed by atoms with van der Waals surface area (Å²) in [7, 11) is 0. The van der Waals surface area contributed by atoms with Crippen LogP contribution in [-0.4, -0.2) is 25.7 Å². The molecule has 0 radical (unpaired) electrons. The molecule has 0 spiro atoms. The van der Waals surface area contributed by atoms with Gasteiger partial charge in [0.25, 0.3) is 0 Å². The van der Waals surface area contributed by atoms with Crippen LogP contribution in [0.5, 0.6) is 0 Å². The number of hydrogen-bond donors (Lipinski definition) is 1. The monoisotopic (exact) mass is 363 g/mol. The third-order valence-electron chi connectivity index (χ3n) is 4.06. The van der Waals surface area contributed by atoms with E-state index in [4.69, 9.17) is 21.8 Å². The first kappa shape index (κ1) is 16.3. The lowest BCUT2D eigenvalue weighted by Crippen LogP contribution is -2.05. The first-order chi connectivity index (χ1) is 12.6. The molecule has 3 heterocycles. The molecule has 26 heavy (non-hydrogen) atoms. The van der Waals surface area contributed by atoms with Gasteiger partial charge in [0.15, 0.2) is 0 Å². The van der Waals surface area contributed by atoms with E-state index < -0.39 is 5.97 Å². The van der Waals surface area contributed by atoms with Gasteiger partial charge in [-0.15, -0.1) is 0 Å². The molecule has 0 aliphatic heterocycles. The van der Waals surface area contributed by atoms with Crippen molar-refractivity contribution < 1.29 is 9.90 Å². The average Bonchev–Trinajstić information content (AvgIpc) is 3.07. The molecule has 4 aromatic rings. The zero-order valence-electron chi connectivity index (χ0n) is 13.6. The molecular weight excluding hydrogens is 350 g/mol. The van der Waals surface area contributed by atoms with Crippen molar-refractivity contribution in [3.05, 3.63) is 88.8 Å². The summed E-state index contributed by atoms with van der Waals surface area (Å²) in [5.41, 5.74) is 4.24. The molecule has 0 aliphatic carbocycles. The molecule has 6 heteroatoms. The van der Waals surface area contributed by atoms with Gasteiger partial charge in [-0.05, 0) is 30.3 Å². The summed E-state index contributed by atoms with van der Waals surface area (Å²) in [6, 6.07) is 20.5. The molecule has 0 aliphatic rings. The molecule has 1 N–H and O–H groups in total. The number of pyridine rings is 2. The molecule has 0 amide bonds. The summed E-state index contributed by atoms with van der Waals surface area (Å²) in [5, 5.41) is 14.4. The Morgan fingerprint density at radius 3 is 2.62 bits per heavy atom. The topological polar surface area (TPSA) is 67.5 Å². The first-order valence-electron chi connectivity index (χ1n) is 8.03. The highest BCUT2D eigenvalue weighted by Crippen LogP contribution is 2.24. The molecule has 0 fully saturated rings. The molecule has 0 unspecified atom stereocenters. The van der Waals surface area contributed by atoms with E-state index in [1.807, 2.05) is 53.0 Å². The van der Waals surface area contributed by atoms with Gasteiger partial charge in [-0.3, -0.25) is 0 Å². The van der Waals surface area contributed by atoms with Gasteiger partial charge in [0.2, 0.25) is 0 Å². The van der Waals surface area contributed by atoms with Crippen LogP contribution in [0.15, 0.2) is 66.7 Å². The second-order valence-electron chi connectivity index (χ2n) is 5.89. The third-order valence-corrected chi connectivity index (χ3v) is 4.28. The van der Waals surface area contributed by atoms with Crippen molar-refractivity contribution in [2.75, 3.05) is 0 Å². The molecule has 1 aromatic carbocycles. The van der Waals surface area contributed by atoms with E-state index in [0.29, 0.717) is 17.1 Å². The number of aromatic carboxylic acids is 1. The highest BCUT2D eigenvalue weighted by Gasteiger charge is 2.11. The van der Waals surface area contributed by atoms with Crippen LogP contribution < -0.4 is 0 Å². The predicted octanol–water partition coefficient (Wildman–Crippen LogP) is 4.34. The van der Waals surface area contributed by atoms with Crippen LogP contribution in [0.2, 0.25) is 5.02 Å². The van der Waals surface area contributed by atoms with E-state index in [2.05, 4.69) is 4.98 Å². The molecule has 3 aromatic heterocycles. The number of rotatable bonds is 4. The van der Waals surface area contributed by atoms with Crippen molar-refractivity contribution in [1.82, 2.24) is 14.6 Å². The van der Waals surface area contributed by atoms with Crippen molar-refractivity contribution >= 4 is 23.1 Å². The minimum Gasteiger partial charge on any atom is -0.477 e. The van der Waals surface area contributed by atoms with E-state index in [-0.39, 0.29) is 5.69 Å². The van der Waals surface area contributed by atoms with Crippen LogP contribution in [0.1, 0.15) is 21.9 Å². The highest BCUT2D eigenvalue weighted by molar-refractivity contribution is 6.31. The van der Waals surface area contributed by atoms with Gasteiger partial charge >= 0.3 is 5.97 Å². The van der Waals surface area contributed by atoms with Gasteiger partial charge in [-0.2, -0.15) is 5.10 Å². The lowest BCUT2D eigenvalue weighted by molar-refractivity contribution is 0.0690. The molecule has 4 rings (SSSR count). The molecule has 128 valence electrons. The van der Waals surface area contributed by atoms with Gasteiger partial charge < -0.3 is 5.11 Å². The zero-order valence-corrected chi connectivity index (χ0v) is 14.4. The SMILES string of the molecule is O=C(O)c1cccc(Cc2cc(Cl)cc3cc(-c4ccccc4)nn23)n1. The van der Waals surface area contributed by atoms with Gasteiger partial charge in [-0.25, -0.2) is 14.3 Å². The highest BCUT2D eigenvalue weighted by atomic mass is 35.5. The number of benzene rings is 1. The van der Waals surface area contributed by atoms with Gasteiger partial charge in [-0.1, -0.05) is 48.0 Å². The maximum atomic E-state index is 11.1. The fraction of sp³-hybridized carbons (Fsp3) is 0.0500. The second-order valence-corrected chi connectivity index (χ2v) is 6.33. The summed E-state index contributed by atoms with van der Waals surface area (Å²) in [4.78, 5) is 15.3. The van der Waals surface area contributed by atoms with Crippen molar-refractivity contribution in [3.8, 4) is 11.3 Å². The van der Waals surface area contributed by atoms with Crippen molar-refractivity contribution in [2.24, 2.45) is 0 Å². The number of carboxylic acids is 1. The average molecular weight is 364 g/mol. The Labute approximate surface area is 154 Å². The van der Waals surface area contributed by atoms with Crippen LogP contribution >= 0.6 is 11.6 Å². The van der Waals surface area contributed by atoms with Crippen LogP contribution in [0.4, 0.5) is 0 Å². The smallest absolute Gasteiger partial charge is 0.354 e.